The highest BCUT2D eigenvalue weighted by molar-refractivity contribution is 5.96. The van der Waals surface area contributed by atoms with Gasteiger partial charge in [-0.2, -0.15) is 0 Å². The van der Waals surface area contributed by atoms with Gasteiger partial charge in [-0.1, -0.05) is 18.9 Å². The van der Waals surface area contributed by atoms with Crippen LogP contribution < -0.4 is 16.8 Å². The number of carbonyl (C=O) groups excluding carboxylic acids is 1. The van der Waals surface area contributed by atoms with Gasteiger partial charge in [0, 0.05) is 17.3 Å². The molecule has 1 aromatic carbocycles. The van der Waals surface area contributed by atoms with Gasteiger partial charge in [0.15, 0.2) is 0 Å². The van der Waals surface area contributed by atoms with E-state index in [2.05, 4.69) is 5.32 Å². The van der Waals surface area contributed by atoms with Gasteiger partial charge in [-0.3, -0.25) is 4.79 Å². The number of aryl methyl sites for hydroxylation is 1. The third-order valence-electron chi connectivity index (χ3n) is 4.03. The predicted octanol–water partition coefficient (Wildman–Crippen LogP) is 1.82. The van der Waals surface area contributed by atoms with E-state index >= 15 is 0 Å². The van der Waals surface area contributed by atoms with Gasteiger partial charge in [0.05, 0.1) is 0 Å². The Morgan fingerprint density at radius 1 is 1.37 bits per heavy atom. The van der Waals surface area contributed by atoms with Gasteiger partial charge in [0.25, 0.3) is 5.91 Å². The van der Waals surface area contributed by atoms with Gasteiger partial charge in [0.2, 0.25) is 0 Å². The van der Waals surface area contributed by atoms with Gasteiger partial charge < -0.3 is 16.8 Å². The molecule has 19 heavy (non-hydrogen) atoms. The second-order valence-corrected chi connectivity index (χ2v) is 5.43. The average molecular weight is 261 g/mol. The molecule has 1 saturated carbocycles. The summed E-state index contributed by atoms with van der Waals surface area (Å²) in [6, 6.07) is 5.64. The average Bonchev–Trinajstić information content (AvgIpc) is 2.42. The fourth-order valence-corrected chi connectivity index (χ4v) is 2.81. The summed E-state index contributed by atoms with van der Waals surface area (Å²) in [5.74, 6) is 0.370. The Hall–Kier alpha value is -1.55. The van der Waals surface area contributed by atoms with Gasteiger partial charge in [-0.05, 0) is 49.9 Å². The lowest BCUT2D eigenvalue weighted by Gasteiger charge is -2.31. The van der Waals surface area contributed by atoms with Crippen LogP contribution in [0, 0.1) is 12.8 Å². The van der Waals surface area contributed by atoms with Gasteiger partial charge in [0.1, 0.15) is 0 Å². The zero-order chi connectivity index (χ0) is 13.8. The number of anilines is 1. The molecule has 1 amide bonds. The summed E-state index contributed by atoms with van der Waals surface area (Å²) >= 11 is 0. The molecule has 1 aliphatic carbocycles. The van der Waals surface area contributed by atoms with Crippen LogP contribution in [0.2, 0.25) is 0 Å². The number of hydrogen-bond donors (Lipinski definition) is 3. The molecule has 0 radical (unpaired) electrons. The summed E-state index contributed by atoms with van der Waals surface area (Å²) in [7, 11) is 0. The summed E-state index contributed by atoms with van der Waals surface area (Å²) in [6.45, 7) is 2.57. The Balaban J connectivity index is 2.09. The molecule has 0 aromatic heterocycles. The molecule has 104 valence electrons. The highest BCUT2D eigenvalue weighted by Crippen LogP contribution is 2.24. The Kier molecular flexibility index (Phi) is 4.43. The Morgan fingerprint density at radius 3 is 2.84 bits per heavy atom. The van der Waals surface area contributed by atoms with Crippen LogP contribution in [-0.2, 0) is 0 Å². The Bertz CT molecular complexity index is 459. The molecule has 5 N–H and O–H groups in total. The van der Waals surface area contributed by atoms with E-state index in [0.29, 0.717) is 23.7 Å². The molecule has 4 nitrogen and oxygen atoms in total. The van der Waals surface area contributed by atoms with E-state index in [1.165, 1.54) is 6.42 Å². The molecular weight excluding hydrogens is 238 g/mol. The van der Waals surface area contributed by atoms with E-state index in [1.807, 2.05) is 19.1 Å². The number of nitrogens with one attached hydrogen (secondary N) is 1. The maximum absolute atomic E-state index is 12.3. The molecule has 2 unspecified atom stereocenters. The number of carbonyl (C=O) groups is 1. The molecular formula is C15H23N3O. The monoisotopic (exact) mass is 261 g/mol. The minimum absolute atomic E-state index is 0.0323. The lowest BCUT2D eigenvalue weighted by atomic mass is 9.84. The molecule has 0 bridgehead atoms. The van der Waals surface area contributed by atoms with E-state index in [4.69, 9.17) is 11.5 Å². The zero-order valence-electron chi connectivity index (χ0n) is 11.5. The lowest BCUT2D eigenvalue weighted by molar-refractivity contribution is 0.0907. The third kappa shape index (κ3) is 3.26. The van der Waals surface area contributed by atoms with E-state index in [1.54, 1.807) is 6.07 Å². The highest BCUT2D eigenvalue weighted by Gasteiger charge is 2.26. The van der Waals surface area contributed by atoms with Crippen LogP contribution in [0.4, 0.5) is 5.69 Å². The third-order valence-corrected chi connectivity index (χ3v) is 4.03. The molecule has 1 aliphatic rings. The number of hydrogen-bond acceptors (Lipinski definition) is 3. The molecule has 0 saturated heterocycles. The molecule has 2 rings (SSSR count). The summed E-state index contributed by atoms with van der Waals surface area (Å²) in [6.07, 6.45) is 4.51. The van der Waals surface area contributed by atoms with Crippen LogP contribution in [0.25, 0.3) is 0 Å². The Labute approximate surface area is 114 Å². The van der Waals surface area contributed by atoms with Gasteiger partial charge in [-0.25, -0.2) is 0 Å². The van der Waals surface area contributed by atoms with Gasteiger partial charge >= 0.3 is 0 Å². The van der Waals surface area contributed by atoms with Crippen LogP contribution in [0.15, 0.2) is 18.2 Å². The van der Waals surface area contributed by atoms with Crippen molar-refractivity contribution in [2.45, 2.75) is 38.6 Å². The molecule has 0 heterocycles. The van der Waals surface area contributed by atoms with E-state index in [0.717, 1.165) is 24.8 Å². The maximum atomic E-state index is 12.3. The van der Waals surface area contributed by atoms with Crippen molar-refractivity contribution in [2.24, 2.45) is 11.7 Å². The summed E-state index contributed by atoms with van der Waals surface area (Å²) in [4.78, 5) is 12.3. The summed E-state index contributed by atoms with van der Waals surface area (Å²) < 4.78 is 0. The van der Waals surface area contributed by atoms with Gasteiger partial charge in [-0.15, -0.1) is 0 Å². The van der Waals surface area contributed by atoms with Crippen molar-refractivity contribution < 1.29 is 4.79 Å². The second kappa shape index (κ2) is 6.06. The smallest absolute Gasteiger partial charge is 0.251 e. The first-order valence-corrected chi connectivity index (χ1v) is 6.99. The number of nitrogen functional groups attached to an aromatic ring is 1. The van der Waals surface area contributed by atoms with Crippen LogP contribution in [0.1, 0.15) is 41.6 Å². The molecule has 0 spiro atoms. The minimum atomic E-state index is -0.0323. The molecule has 2 atom stereocenters. The zero-order valence-corrected chi connectivity index (χ0v) is 11.5. The SMILES string of the molecule is Cc1ccc(N)cc1C(=O)NC1CCCCC1CN. The fraction of sp³-hybridized carbons (Fsp3) is 0.533. The Morgan fingerprint density at radius 2 is 2.11 bits per heavy atom. The standard InChI is InChI=1S/C15H23N3O/c1-10-6-7-12(17)8-13(10)15(19)18-14-5-3-2-4-11(14)9-16/h6-8,11,14H,2-5,9,16-17H2,1H3,(H,18,19). The van der Waals surface area contributed by atoms with Crippen molar-refractivity contribution in [1.82, 2.24) is 5.32 Å². The molecule has 1 aromatic rings. The minimum Gasteiger partial charge on any atom is -0.399 e. The summed E-state index contributed by atoms with van der Waals surface area (Å²) in [5, 5.41) is 3.13. The highest BCUT2D eigenvalue weighted by atomic mass is 16.1. The topological polar surface area (TPSA) is 81.1 Å². The molecule has 4 heteroatoms. The van der Waals surface area contributed by atoms with Crippen LogP contribution in [0.5, 0.6) is 0 Å². The van der Waals surface area contributed by atoms with Crippen molar-refractivity contribution in [1.29, 1.82) is 0 Å². The van der Waals surface area contributed by atoms with Crippen molar-refractivity contribution >= 4 is 11.6 Å². The first-order chi connectivity index (χ1) is 9.11. The largest absolute Gasteiger partial charge is 0.399 e. The number of amides is 1. The first kappa shape index (κ1) is 13.9. The normalized spacial score (nSPS) is 23.1. The van der Waals surface area contributed by atoms with Crippen LogP contribution in [0.3, 0.4) is 0 Å². The number of nitrogens with two attached hydrogens (primary N) is 2. The number of benzene rings is 1. The predicted molar refractivity (Wildman–Crippen MR) is 77.9 cm³/mol. The number of rotatable bonds is 3. The van der Waals surface area contributed by atoms with Crippen LogP contribution >= 0.6 is 0 Å². The first-order valence-electron chi connectivity index (χ1n) is 6.99. The molecule has 1 fully saturated rings. The van der Waals surface area contributed by atoms with E-state index < -0.39 is 0 Å². The van der Waals surface area contributed by atoms with E-state index in [9.17, 15) is 4.79 Å². The summed E-state index contributed by atoms with van der Waals surface area (Å²) in [5.41, 5.74) is 13.8. The maximum Gasteiger partial charge on any atom is 0.251 e. The second-order valence-electron chi connectivity index (χ2n) is 5.43. The van der Waals surface area contributed by atoms with Crippen LogP contribution in [-0.4, -0.2) is 18.5 Å². The van der Waals surface area contributed by atoms with E-state index in [-0.39, 0.29) is 11.9 Å². The van der Waals surface area contributed by atoms with Crippen molar-refractivity contribution in [3.05, 3.63) is 29.3 Å². The quantitative estimate of drug-likeness (QED) is 0.726. The van der Waals surface area contributed by atoms with Crippen molar-refractivity contribution in [3.8, 4) is 0 Å². The fourth-order valence-electron chi connectivity index (χ4n) is 2.81. The molecule has 0 aliphatic heterocycles. The van der Waals surface area contributed by atoms with Crippen molar-refractivity contribution in [2.75, 3.05) is 12.3 Å². The lowest BCUT2D eigenvalue weighted by Crippen LogP contribution is -2.44. The van der Waals surface area contributed by atoms with Crippen molar-refractivity contribution in [3.63, 3.8) is 0 Å².